The minimum Gasteiger partial charge on any atom is -0.481 e. The second-order valence-electron chi connectivity index (χ2n) is 5.45. The van der Waals surface area contributed by atoms with E-state index in [1.165, 1.54) is 16.3 Å². The van der Waals surface area contributed by atoms with Gasteiger partial charge in [-0.25, -0.2) is 0 Å². The Bertz CT molecular complexity index is 630. The number of fused-ring (bicyclic) bond motifs is 1. The summed E-state index contributed by atoms with van der Waals surface area (Å²) in [7, 11) is 0. The van der Waals surface area contributed by atoms with E-state index in [9.17, 15) is 4.79 Å². The van der Waals surface area contributed by atoms with E-state index in [2.05, 4.69) is 34.9 Å². The molecule has 3 rings (SSSR count). The molecule has 0 atom stereocenters. The first-order chi connectivity index (χ1) is 9.69. The summed E-state index contributed by atoms with van der Waals surface area (Å²) in [5.41, 5.74) is 0.905. The van der Waals surface area contributed by atoms with Gasteiger partial charge in [-0.15, -0.1) is 0 Å². The van der Waals surface area contributed by atoms with Crippen LogP contribution < -0.4 is 10.6 Å². The molecule has 0 spiro atoms. The van der Waals surface area contributed by atoms with Crippen LogP contribution in [-0.4, -0.2) is 29.7 Å². The average Bonchev–Trinajstić information content (AvgIpc) is 2.41. The molecule has 1 saturated heterocycles. The first-order valence-electron chi connectivity index (χ1n) is 6.83. The van der Waals surface area contributed by atoms with E-state index in [1.54, 1.807) is 0 Å². The monoisotopic (exact) mass is 270 g/mol. The van der Waals surface area contributed by atoms with E-state index in [0.717, 1.165) is 0 Å². The third kappa shape index (κ3) is 2.53. The number of aliphatic carboxylic acids is 1. The quantitative estimate of drug-likeness (QED) is 0.774. The summed E-state index contributed by atoms with van der Waals surface area (Å²) in [6.45, 7) is 2.12. The molecule has 0 aliphatic carbocycles. The Morgan fingerprint density at radius 2 is 1.95 bits per heavy atom. The highest BCUT2D eigenvalue weighted by Crippen LogP contribution is 2.21. The molecule has 0 unspecified atom stereocenters. The Morgan fingerprint density at radius 3 is 2.65 bits per heavy atom. The lowest BCUT2D eigenvalue weighted by atomic mass is 9.88. The molecular weight excluding hydrogens is 252 g/mol. The second-order valence-corrected chi connectivity index (χ2v) is 5.45. The molecule has 4 nitrogen and oxygen atoms in total. The highest BCUT2D eigenvalue weighted by molar-refractivity contribution is 5.85. The van der Waals surface area contributed by atoms with Crippen molar-refractivity contribution in [1.82, 2.24) is 10.6 Å². The Morgan fingerprint density at radius 1 is 1.20 bits per heavy atom. The number of carbonyl (C=O) groups is 1. The van der Waals surface area contributed by atoms with Gasteiger partial charge in [-0.05, 0) is 16.3 Å². The van der Waals surface area contributed by atoms with Crippen LogP contribution in [0.2, 0.25) is 0 Å². The molecule has 2 aromatic carbocycles. The molecular formula is C16H18N2O2. The fraction of sp³-hybridized carbons (Fsp3) is 0.312. The number of benzene rings is 2. The molecule has 0 radical (unpaired) electrons. The molecule has 1 heterocycles. The van der Waals surface area contributed by atoms with Gasteiger partial charge in [0.25, 0.3) is 0 Å². The largest absolute Gasteiger partial charge is 0.481 e. The molecule has 4 heteroatoms. The number of rotatable bonds is 5. The topological polar surface area (TPSA) is 61.4 Å². The summed E-state index contributed by atoms with van der Waals surface area (Å²) >= 11 is 0. The molecule has 0 saturated carbocycles. The predicted molar refractivity (Wildman–Crippen MR) is 78.6 cm³/mol. The fourth-order valence-electron chi connectivity index (χ4n) is 2.76. The van der Waals surface area contributed by atoms with Crippen molar-refractivity contribution in [3.8, 4) is 0 Å². The minimum atomic E-state index is -0.753. The molecule has 3 N–H and O–H groups in total. The molecule has 1 aliphatic heterocycles. The van der Waals surface area contributed by atoms with Crippen molar-refractivity contribution in [1.29, 1.82) is 0 Å². The van der Waals surface area contributed by atoms with E-state index in [-0.39, 0.29) is 12.0 Å². The smallest absolute Gasteiger partial charge is 0.305 e. The van der Waals surface area contributed by atoms with Crippen LogP contribution >= 0.6 is 0 Å². The van der Waals surface area contributed by atoms with Crippen LogP contribution in [0.25, 0.3) is 10.8 Å². The van der Waals surface area contributed by atoms with E-state index in [0.29, 0.717) is 19.6 Å². The lowest BCUT2D eigenvalue weighted by Crippen LogP contribution is -2.68. The number of carboxylic acid groups (broad SMARTS) is 1. The molecule has 2 aromatic rings. The maximum atomic E-state index is 11.0. The van der Waals surface area contributed by atoms with Crippen molar-refractivity contribution in [2.45, 2.75) is 18.5 Å². The van der Waals surface area contributed by atoms with Crippen molar-refractivity contribution < 1.29 is 9.90 Å². The van der Waals surface area contributed by atoms with Crippen LogP contribution in [0.5, 0.6) is 0 Å². The van der Waals surface area contributed by atoms with Crippen molar-refractivity contribution in [3.63, 3.8) is 0 Å². The van der Waals surface area contributed by atoms with Gasteiger partial charge in [0.05, 0.1) is 12.0 Å². The number of nitrogens with one attached hydrogen (secondary N) is 2. The summed E-state index contributed by atoms with van der Waals surface area (Å²) in [6, 6.07) is 14.5. The minimum absolute atomic E-state index is 0.158. The molecule has 20 heavy (non-hydrogen) atoms. The van der Waals surface area contributed by atoms with Crippen LogP contribution in [0, 0.1) is 0 Å². The molecule has 104 valence electrons. The fourth-order valence-corrected chi connectivity index (χ4v) is 2.76. The van der Waals surface area contributed by atoms with E-state index >= 15 is 0 Å². The predicted octanol–water partition coefficient (Wildman–Crippen LogP) is 1.75. The maximum Gasteiger partial charge on any atom is 0.305 e. The van der Waals surface area contributed by atoms with Gasteiger partial charge < -0.3 is 15.7 Å². The van der Waals surface area contributed by atoms with Crippen molar-refractivity contribution >= 4 is 16.7 Å². The van der Waals surface area contributed by atoms with Crippen molar-refractivity contribution in [2.75, 3.05) is 13.1 Å². The summed E-state index contributed by atoms with van der Waals surface area (Å²) in [5.74, 6) is -0.753. The zero-order chi connectivity index (χ0) is 14.0. The van der Waals surface area contributed by atoms with Crippen molar-refractivity contribution in [2.24, 2.45) is 0 Å². The Hall–Kier alpha value is -1.91. The van der Waals surface area contributed by atoms with Crippen LogP contribution in [-0.2, 0) is 11.3 Å². The van der Waals surface area contributed by atoms with Crippen LogP contribution in [0.4, 0.5) is 0 Å². The number of hydrogen-bond donors (Lipinski definition) is 3. The van der Waals surface area contributed by atoms with Gasteiger partial charge >= 0.3 is 5.97 Å². The van der Waals surface area contributed by atoms with Gasteiger partial charge in [-0.3, -0.25) is 4.79 Å². The van der Waals surface area contributed by atoms with Gasteiger partial charge in [0.1, 0.15) is 0 Å². The molecule has 0 bridgehead atoms. The first kappa shape index (κ1) is 13.1. The van der Waals surface area contributed by atoms with E-state index in [4.69, 9.17) is 5.11 Å². The highest BCUT2D eigenvalue weighted by atomic mass is 16.4. The normalized spacial score (nSPS) is 16.8. The summed E-state index contributed by atoms with van der Waals surface area (Å²) < 4.78 is 0. The summed E-state index contributed by atoms with van der Waals surface area (Å²) in [6.07, 6.45) is 0.158. The standard InChI is InChI=1S/C16H18N2O2/c19-15(20)8-16(10-17-11-16)18-9-13-6-3-5-12-4-1-2-7-14(12)13/h1-7,17-18H,8-11H2,(H,19,20). The lowest BCUT2D eigenvalue weighted by molar-refractivity contribution is -0.139. The number of hydrogen-bond acceptors (Lipinski definition) is 3. The van der Waals surface area contributed by atoms with E-state index in [1.807, 2.05) is 18.2 Å². The average molecular weight is 270 g/mol. The maximum absolute atomic E-state index is 11.0. The van der Waals surface area contributed by atoms with Crippen LogP contribution in [0.3, 0.4) is 0 Å². The highest BCUT2D eigenvalue weighted by Gasteiger charge is 2.38. The van der Waals surface area contributed by atoms with Crippen molar-refractivity contribution in [3.05, 3.63) is 48.0 Å². The van der Waals surface area contributed by atoms with Crippen LogP contribution in [0.15, 0.2) is 42.5 Å². The molecule has 0 amide bonds. The SMILES string of the molecule is O=C(O)CC1(NCc2cccc3ccccc23)CNC1. The summed E-state index contributed by atoms with van der Waals surface area (Å²) in [4.78, 5) is 11.0. The first-order valence-corrected chi connectivity index (χ1v) is 6.83. The zero-order valence-electron chi connectivity index (χ0n) is 11.2. The summed E-state index contributed by atoms with van der Waals surface area (Å²) in [5, 5.41) is 18.0. The van der Waals surface area contributed by atoms with E-state index < -0.39 is 5.97 Å². The van der Waals surface area contributed by atoms with Gasteiger partial charge in [0, 0.05) is 19.6 Å². The second kappa shape index (κ2) is 5.23. The van der Waals surface area contributed by atoms with Gasteiger partial charge in [-0.1, -0.05) is 42.5 Å². The lowest BCUT2D eigenvalue weighted by Gasteiger charge is -2.42. The van der Waals surface area contributed by atoms with Crippen LogP contribution in [0.1, 0.15) is 12.0 Å². The number of carboxylic acids is 1. The molecule has 1 aliphatic rings. The zero-order valence-corrected chi connectivity index (χ0v) is 11.2. The third-order valence-corrected chi connectivity index (χ3v) is 3.95. The van der Waals surface area contributed by atoms with Gasteiger partial charge in [0.2, 0.25) is 0 Å². The Kier molecular flexibility index (Phi) is 3.42. The Balaban J connectivity index is 1.78. The third-order valence-electron chi connectivity index (χ3n) is 3.95. The Labute approximate surface area is 117 Å². The van der Waals surface area contributed by atoms with Gasteiger partial charge in [-0.2, -0.15) is 0 Å². The molecule has 1 fully saturated rings. The van der Waals surface area contributed by atoms with Gasteiger partial charge in [0.15, 0.2) is 0 Å². The molecule has 0 aromatic heterocycles.